The van der Waals surface area contributed by atoms with Gasteiger partial charge < -0.3 is 4.74 Å². The maximum absolute atomic E-state index is 11.4. The van der Waals surface area contributed by atoms with Gasteiger partial charge in [0.1, 0.15) is 0 Å². The number of benzene rings is 2. The Morgan fingerprint density at radius 1 is 1.00 bits per heavy atom. The van der Waals surface area contributed by atoms with Crippen LogP contribution in [0.3, 0.4) is 0 Å². The van der Waals surface area contributed by atoms with Crippen molar-refractivity contribution < 1.29 is 9.53 Å². The maximum Gasteiger partial charge on any atom is 0.337 e. The fraction of sp³-hybridized carbons (Fsp3) is 0.235. The van der Waals surface area contributed by atoms with Crippen LogP contribution < -0.4 is 0 Å². The molecule has 0 bridgehead atoms. The van der Waals surface area contributed by atoms with Crippen LogP contribution in [0.2, 0.25) is 5.02 Å². The van der Waals surface area contributed by atoms with Gasteiger partial charge in [0.2, 0.25) is 0 Å². The summed E-state index contributed by atoms with van der Waals surface area (Å²) in [6.45, 7) is 1.65. The van der Waals surface area contributed by atoms with Crippen LogP contribution in [0.1, 0.15) is 21.5 Å². The van der Waals surface area contributed by atoms with Gasteiger partial charge in [0.25, 0.3) is 0 Å². The second-order valence-electron chi connectivity index (χ2n) is 4.99. The third-order valence-corrected chi connectivity index (χ3v) is 3.45. The smallest absolute Gasteiger partial charge is 0.337 e. The first-order valence-corrected chi connectivity index (χ1v) is 7.06. The van der Waals surface area contributed by atoms with Crippen molar-refractivity contribution in [3.05, 3.63) is 70.2 Å². The van der Waals surface area contributed by atoms with Crippen LogP contribution in [0.4, 0.5) is 0 Å². The second kappa shape index (κ2) is 7.25. The number of carbonyl (C=O) groups excluding carboxylic acids is 1. The first kappa shape index (κ1) is 15.5. The van der Waals surface area contributed by atoms with Gasteiger partial charge in [-0.1, -0.05) is 35.9 Å². The molecule has 0 radical (unpaired) electrons. The molecule has 0 aliphatic rings. The Bertz CT molecular complexity index is 593. The number of nitrogens with zero attached hydrogens (tertiary/aromatic N) is 1. The quantitative estimate of drug-likeness (QED) is 0.788. The summed E-state index contributed by atoms with van der Waals surface area (Å²) in [5.74, 6) is -0.309. The molecular formula is C17H18ClNO2. The largest absolute Gasteiger partial charge is 0.465 e. The number of hydrogen-bond donors (Lipinski definition) is 0. The molecule has 4 heteroatoms. The van der Waals surface area contributed by atoms with Crippen LogP contribution in [0, 0.1) is 0 Å². The van der Waals surface area contributed by atoms with Crippen molar-refractivity contribution >= 4 is 17.6 Å². The molecule has 0 unspecified atom stereocenters. The topological polar surface area (TPSA) is 29.5 Å². The van der Waals surface area contributed by atoms with Crippen molar-refractivity contribution in [2.45, 2.75) is 13.1 Å². The van der Waals surface area contributed by atoms with Crippen LogP contribution in [-0.4, -0.2) is 25.0 Å². The zero-order valence-corrected chi connectivity index (χ0v) is 12.9. The summed E-state index contributed by atoms with van der Waals surface area (Å²) >= 11 is 5.88. The fourth-order valence-electron chi connectivity index (χ4n) is 2.13. The van der Waals surface area contributed by atoms with Crippen LogP contribution in [0.5, 0.6) is 0 Å². The first-order valence-electron chi connectivity index (χ1n) is 6.68. The minimum atomic E-state index is -0.309. The highest BCUT2D eigenvalue weighted by Gasteiger charge is 2.06. The van der Waals surface area contributed by atoms with Gasteiger partial charge in [-0.2, -0.15) is 0 Å². The third-order valence-electron chi connectivity index (χ3n) is 3.19. The van der Waals surface area contributed by atoms with Crippen LogP contribution in [0.15, 0.2) is 48.5 Å². The fourth-order valence-corrected chi connectivity index (χ4v) is 2.26. The highest BCUT2D eigenvalue weighted by Crippen LogP contribution is 2.13. The van der Waals surface area contributed by atoms with Crippen LogP contribution in [0.25, 0.3) is 0 Å². The predicted octanol–water partition coefficient (Wildman–Crippen LogP) is 3.76. The van der Waals surface area contributed by atoms with Crippen LogP contribution in [-0.2, 0) is 17.8 Å². The molecule has 0 heterocycles. The standard InChI is InChI=1S/C17H18ClNO2/c1-19(12-14-5-9-16(18)10-6-14)11-13-3-7-15(8-4-13)17(20)21-2/h3-10H,11-12H2,1-2H3. The van der Waals surface area contributed by atoms with Crippen molar-refractivity contribution in [3.63, 3.8) is 0 Å². The summed E-state index contributed by atoms with van der Waals surface area (Å²) < 4.78 is 4.69. The number of halogens is 1. The van der Waals surface area contributed by atoms with E-state index in [1.54, 1.807) is 12.1 Å². The lowest BCUT2D eigenvalue weighted by Gasteiger charge is -2.17. The van der Waals surface area contributed by atoms with E-state index in [1.165, 1.54) is 12.7 Å². The summed E-state index contributed by atoms with van der Waals surface area (Å²) in [6, 6.07) is 15.3. The molecule has 0 aliphatic carbocycles. The number of rotatable bonds is 5. The lowest BCUT2D eigenvalue weighted by molar-refractivity contribution is 0.0600. The molecule has 2 aromatic carbocycles. The average molecular weight is 304 g/mol. The van der Waals surface area contributed by atoms with E-state index >= 15 is 0 Å². The molecule has 0 aliphatic heterocycles. The molecule has 0 N–H and O–H groups in total. The van der Waals surface area contributed by atoms with Gasteiger partial charge >= 0.3 is 5.97 Å². The van der Waals surface area contributed by atoms with Gasteiger partial charge in [0.15, 0.2) is 0 Å². The van der Waals surface area contributed by atoms with Crippen molar-refractivity contribution in [2.75, 3.05) is 14.2 Å². The number of hydrogen-bond acceptors (Lipinski definition) is 3. The highest BCUT2D eigenvalue weighted by molar-refractivity contribution is 6.30. The molecule has 2 aromatic rings. The summed E-state index contributed by atoms with van der Waals surface area (Å²) in [4.78, 5) is 13.6. The van der Waals surface area contributed by atoms with E-state index in [0.29, 0.717) is 5.56 Å². The molecule has 0 saturated carbocycles. The Morgan fingerprint density at radius 2 is 1.48 bits per heavy atom. The molecule has 0 atom stereocenters. The van der Waals surface area contributed by atoms with Crippen molar-refractivity contribution in [1.29, 1.82) is 0 Å². The zero-order chi connectivity index (χ0) is 15.2. The monoisotopic (exact) mass is 303 g/mol. The van der Waals surface area contributed by atoms with Gasteiger partial charge in [-0.25, -0.2) is 4.79 Å². The number of methoxy groups -OCH3 is 1. The van der Waals surface area contributed by atoms with E-state index in [9.17, 15) is 4.79 Å². The van der Waals surface area contributed by atoms with E-state index in [1.807, 2.05) is 36.4 Å². The maximum atomic E-state index is 11.4. The summed E-state index contributed by atoms with van der Waals surface area (Å²) in [7, 11) is 3.44. The normalized spacial score (nSPS) is 10.7. The van der Waals surface area contributed by atoms with E-state index in [-0.39, 0.29) is 5.97 Å². The molecule has 0 saturated heterocycles. The summed E-state index contributed by atoms with van der Waals surface area (Å²) in [5.41, 5.74) is 2.94. The average Bonchev–Trinajstić information content (AvgIpc) is 2.49. The molecule has 110 valence electrons. The summed E-state index contributed by atoms with van der Waals surface area (Å²) in [6.07, 6.45) is 0. The Labute approximate surface area is 130 Å². The van der Waals surface area contributed by atoms with E-state index in [2.05, 4.69) is 16.7 Å². The minimum absolute atomic E-state index is 0.309. The molecule has 0 amide bonds. The molecule has 0 spiro atoms. The predicted molar refractivity (Wildman–Crippen MR) is 84.4 cm³/mol. The molecule has 0 aromatic heterocycles. The van der Waals surface area contributed by atoms with E-state index < -0.39 is 0 Å². The van der Waals surface area contributed by atoms with Gasteiger partial charge in [0, 0.05) is 18.1 Å². The lowest BCUT2D eigenvalue weighted by Crippen LogP contribution is -2.17. The Morgan fingerprint density at radius 3 is 1.95 bits per heavy atom. The van der Waals surface area contributed by atoms with Crippen molar-refractivity contribution in [2.24, 2.45) is 0 Å². The van der Waals surface area contributed by atoms with Gasteiger partial charge in [-0.15, -0.1) is 0 Å². The first-order chi connectivity index (χ1) is 10.1. The third kappa shape index (κ3) is 4.59. The molecular weight excluding hydrogens is 286 g/mol. The van der Waals surface area contributed by atoms with E-state index in [0.717, 1.165) is 23.7 Å². The van der Waals surface area contributed by atoms with Crippen LogP contribution >= 0.6 is 11.6 Å². The van der Waals surface area contributed by atoms with E-state index in [4.69, 9.17) is 11.6 Å². The molecule has 3 nitrogen and oxygen atoms in total. The van der Waals surface area contributed by atoms with Crippen molar-refractivity contribution in [3.8, 4) is 0 Å². The molecule has 2 rings (SSSR count). The SMILES string of the molecule is COC(=O)c1ccc(CN(C)Cc2ccc(Cl)cc2)cc1. The molecule has 0 fully saturated rings. The Kier molecular flexibility index (Phi) is 5.37. The summed E-state index contributed by atoms with van der Waals surface area (Å²) in [5, 5.41) is 0.750. The number of carbonyl (C=O) groups is 1. The highest BCUT2D eigenvalue weighted by atomic mass is 35.5. The van der Waals surface area contributed by atoms with Crippen molar-refractivity contribution in [1.82, 2.24) is 4.90 Å². The number of ether oxygens (including phenoxy) is 1. The zero-order valence-electron chi connectivity index (χ0n) is 12.2. The number of esters is 1. The van der Waals surface area contributed by atoms with Gasteiger partial charge in [-0.05, 0) is 42.4 Å². The Balaban J connectivity index is 1.94. The molecule has 21 heavy (non-hydrogen) atoms. The minimum Gasteiger partial charge on any atom is -0.465 e. The lowest BCUT2D eigenvalue weighted by atomic mass is 10.1. The van der Waals surface area contributed by atoms with Gasteiger partial charge in [0.05, 0.1) is 12.7 Å². The Hall–Kier alpha value is -1.84. The van der Waals surface area contributed by atoms with Gasteiger partial charge in [-0.3, -0.25) is 4.90 Å². The second-order valence-corrected chi connectivity index (χ2v) is 5.42.